The van der Waals surface area contributed by atoms with Crippen LogP contribution in [0.1, 0.15) is 18.0 Å². The summed E-state index contributed by atoms with van der Waals surface area (Å²) < 4.78 is 10.7. The van der Waals surface area contributed by atoms with Gasteiger partial charge in [0.1, 0.15) is 11.5 Å². The van der Waals surface area contributed by atoms with Gasteiger partial charge in [0.2, 0.25) is 0 Å². The summed E-state index contributed by atoms with van der Waals surface area (Å²) >= 11 is 0. The Morgan fingerprint density at radius 3 is 2.19 bits per heavy atom. The fourth-order valence-electron chi connectivity index (χ4n) is 2.21. The fraction of sp³-hybridized carbons (Fsp3) is 0.222. The number of nitrogens with one attached hydrogen (secondary N) is 1. The quantitative estimate of drug-likeness (QED) is 0.762. The van der Waals surface area contributed by atoms with E-state index < -0.39 is 0 Å². The highest BCUT2D eigenvalue weighted by molar-refractivity contribution is 5.48. The van der Waals surface area contributed by atoms with Crippen LogP contribution in [0.5, 0.6) is 11.5 Å². The van der Waals surface area contributed by atoms with Crippen LogP contribution in [0.4, 0.5) is 5.69 Å². The van der Waals surface area contributed by atoms with Gasteiger partial charge in [0.25, 0.3) is 0 Å². The summed E-state index contributed by atoms with van der Waals surface area (Å²) in [5, 5.41) is 3.52. The van der Waals surface area contributed by atoms with Crippen molar-refractivity contribution in [2.24, 2.45) is 0 Å². The Morgan fingerprint density at radius 2 is 1.67 bits per heavy atom. The van der Waals surface area contributed by atoms with Crippen molar-refractivity contribution in [3.05, 3.63) is 66.7 Å². The van der Waals surface area contributed by atoms with Gasteiger partial charge in [-0.15, -0.1) is 6.58 Å². The molecule has 0 amide bonds. The number of para-hydroxylation sites is 1. The molecule has 1 unspecified atom stereocenters. The Bertz CT molecular complexity index is 559. The van der Waals surface area contributed by atoms with Gasteiger partial charge in [0.15, 0.2) is 0 Å². The van der Waals surface area contributed by atoms with E-state index >= 15 is 0 Å². The molecule has 2 aromatic rings. The average molecular weight is 283 g/mol. The molecule has 0 spiro atoms. The molecule has 0 aliphatic heterocycles. The molecule has 0 radical (unpaired) electrons. The van der Waals surface area contributed by atoms with Crippen molar-refractivity contribution < 1.29 is 9.47 Å². The maximum atomic E-state index is 5.34. The molecule has 3 nitrogen and oxygen atoms in total. The molecular formula is C18H21NO2. The van der Waals surface area contributed by atoms with Crippen molar-refractivity contribution in [3.8, 4) is 11.5 Å². The zero-order valence-electron chi connectivity index (χ0n) is 12.5. The van der Waals surface area contributed by atoms with E-state index in [-0.39, 0.29) is 6.04 Å². The molecule has 1 N–H and O–H groups in total. The van der Waals surface area contributed by atoms with Crippen molar-refractivity contribution in [2.75, 3.05) is 19.5 Å². The Balaban J connectivity index is 2.30. The number of anilines is 1. The van der Waals surface area contributed by atoms with E-state index in [1.807, 2.05) is 54.6 Å². The molecule has 0 aliphatic rings. The zero-order valence-corrected chi connectivity index (χ0v) is 12.5. The molecular weight excluding hydrogens is 262 g/mol. The molecule has 110 valence electrons. The van der Waals surface area contributed by atoms with Crippen LogP contribution in [-0.2, 0) is 0 Å². The van der Waals surface area contributed by atoms with Crippen molar-refractivity contribution in [1.29, 1.82) is 0 Å². The van der Waals surface area contributed by atoms with E-state index in [9.17, 15) is 0 Å². The first-order valence-corrected chi connectivity index (χ1v) is 6.92. The highest BCUT2D eigenvalue weighted by Gasteiger charge is 2.12. The third-order valence-corrected chi connectivity index (χ3v) is 3.29. The largest absolute Gasteiger partial charge is 0.497 e. The molecule has 0 aromatic heterocycles. The van der Waals surface area contributed by atoms with Crippen molar-refractivity contribution in [3.63, 3.8) is 0 Å². The molecule has 0 saturated carbocycles. The topological polar surface area (TPSA) is 30.5 Å². The van der Waals surface area contributed by atoms with Crippen LogP contribution in [-0.4, -0.2) is 14.2 Å². The van der Waals surface area contributed by atoms with Crippen LogP contribution in [0.25, 0.3) is 0 Å². The standard InChI is InChI=1S/C18H21NO2/c1-4-8-18(19-15-9-6-5-7-10-15)14-11-16(20-2)13-17(12-14)21-3/h4-7,9-13,18-19H,1,8H2,2-3H3. The number of ether oxygens (including phenoxy) is 2. The van der Waals surface area contributed by atoms with Gasteiger partial charge in [0, 0.05) is 11.8 Å². The smallest absolute Gasteiger partial charge is 0.122 e. The van der Waals surface area contributed by atoms with Crippen molar-refractivity contribution in [2.45, 2.75) is 12.5 Å². The number of hydrogen-bond acceptors (Lipinski definition) is 3. The molecule has 3 heteroatoms. The zero-order chi connectivity index (χ0) is 15.1. The summed E-state index contributed by atoms with van der Waals surface area (Å²) in [5.74, 6) is 1.57. The summed E-state index contributed by atoms with van der Waals surface area (Å²) in [6.45, 7) is 3.85. The molecule has 21 heavy (non-hydrogen) atoms. The lowest BCUT2D eigenvalue weighted by atomic mass is 10.0. The second-order valence-electron chi connectivity index (χ2n) is 4.73. The van der Waals surface area contributed by atoms with Gasteiger partial charge in [-0.2, -0.15) is 0 Å². The molecule has 1 atom stereocenters. The van der Waals surface area contributed by atoms with Gasteiger partial charge in [-0.25, -0.2) is 0 Å². The van der Waals surface area contributed by atoms with E-state index in [1.165, 1.54) is 0 Å². The van der Waals surface area contributed by atoms with Crippen LogP contribution < -0.4 is 14.8 Å². The summed E-state index contributed by atoms with van der Waals surface area (Å²) in [4.78, 5) is 0. The van der Waals surface area contributed by atoms with E-state index in [4.69, 9.17) is 9.47 Å². The molecule has 0 heterocycles. The first kappa shape index (κ1) is 15.0. The Kier molecular flexibility index (Phi) is 5.27. The Labute approximate surface area is 126 Å². The van der Waals surface area contributed by atoms with E-state index in [0.29, 0.717) is 0 Å². The monoisotopic (exact) mass is 283 g/mol. The highest BCUT2D eigenvalue weighted by atomic mass is 16.5. The first-order chi connectivity index (χ1) is 10.3. The lowest BCUT2D eigenvalue weighted by molar-refractivity contribution is 0.393. The van der Waals surface area contributed by atoms with Gasteiger partial charge in [-0.05, 0) is 36.2 Å². The van der Waals surface area contributed by atoms with Gasteiger partial charge in [-0.3, -0.25) is 0 Å². The van der Waals surface area contributed by atoms with Crippen LogP contribution in [0.2, 0.25) is 0 Å². The second-order valence-corrected chi connectivity index (χ2v) is 4.73. The summed E-state index contributed by atoms with van der Waals surface area (Å²) in [6.07, 6.45) is 2.72. The number of benzene rings is 2. The van der Waals surface area contributed by atoms with Gasteiger partial charge < -0.3 is 14.8 Å². The van der Waals surface area contributed by atoms with Crippen LogP contribution in [0, 0.1) is 0 Å². The normalized spacial score (nSPS) is 11.5. The first-order valence-electron chi connectivity index (χ1n) is 6.92. The average Bonchev–Trinajstić information content (AvgIpc) is 2.55. The summed E-state index contributed by atoms with van der Waals surface area (Å²) in [5.41, 5.74) is 2.18. The lowest BCUT2D eigenvalue weighted by Crippen LogP contribution is -2.10. The number of methoxy groups -OCH3 is 2. The predicted molar refractivity (Wildman–Crippen MR) is 87.2 cm³/mol. The summed E-state index contributed by atoms with van der Waals surface area (Å²) in [7, 11) is 3.32. The molecule has 0 aliphatic carbocycles. The molecule has 0 bridgehead atoms. The van der Waals surface area contributed by atoms with E-state index in [2.05, 4.69) is 11.9 Å². The Hall–Kier alpha value is -2.42. The highest BCUT2D eigenvalue weighted by Crippen LogP contribution is 2.30. The fourth-order valence-corrected chi connectivity index (χ4v) is 2.21. The minimum atomic E-state index is 0.119. The number of rotatable bonds is 7. The van der Waals surface area contributed by atoms with Gasteiger partial charge in [-0.1, -0.05) is 24.3 Å². The van der Waals surface area contributed by atoms with Gasteiger partial charge in [0.05, 0.1) is 20.3 Å². The lowest BCUT2D eigenvalue weighted by Gasteiger charge is -2.20. The Morgan fingerprint density at radius 1 is 1.05 bits per heavy atom. The summed E-state index contributed by atoms with van der Waals surface area (Å²) in [6, 6.07) is 16.2. The molecule has 0 fully saturated rings. The third-order valence-electron chi connectivity index (χ3n) is 3.29. The van der Waals surface area contributed by atoms with Crippen LogP contribution >= 0.6 is 0 Å². The van der Waals surface area contributed by atoms with E-state index in [1.54, 1.807) is 14.2 Å². The predicted octanol–water partition coefficient (Wildman–Crippen LogP) is 4.43. The van der Waals surface area contributed by atoms with Crippen LogP contribution in [0.3, 0.4) is 0 Å². The van der Waals surface area contributed by atoms with Crippen LogP contribution in [0.15, 0.2) is 61.2 Å². The molecule has 2 aromatic carbocycles. The van der Waals surface area contributed by atoms with Gasteiger partial charge >= 0.3 is 0 Å². The molecule has 2 rings (SSSR count). The number of hydrogen-bond donors (Lipinski definition) is 1. The molecule has 0 saturated heterocycles. The van der Waals surface area contributed by atoms with Crippen molar-refractivity contribution >= 4 is 5.69 Å². The minimum absolute atomic E-state index is 0.119. The second kappa shape index (κ2) is 7.39. The third kappa shape index (κ3) is 4.02. The maximum absolute atomic E-state index is 5.34. The maximum Gasteiger partial charge on any atom is 0.122 e. The van der Waals surface area contributed by atoms with E-state index in [0.717, 1.165) is 29.2 Å². The SMILES string of the molecule is C=CCC(Nc1ccccc1)c1cc(OC)cc(OC)c1. The van der Waals surface area contributed by atoms with Crippen molar-refractivity contribution in [1.82, 2.24) is 0 Å². The minimum Gasteiger partial charge on any atom is -0.497 e.